The molecular weight excluding hydrogens is 480 g/mol. The molecule has 0 aliphatic carbocycles. The molecule has 4 N–H and O–H groups in total. The first kappa shape index (κ1) is 24.6. The lowest BCUT2D eigenvalue weighted by Crippen LogP contribution is -2.41. The van der Waals surface area contributed by atoms with Gasteiger partial charge >= 0.3 is 0 Å². The molecule has 0 bridgehead atoms. The Kier molecular flexibility index (Phi) is 7.59. The number of nitrogens with one attached hydrogen (secondary N) is 4. The Morgan fingerprint density at radius 3 is 1.16 bits per heavy atom. The maximum absolute atomic E-state index is 13.3. The van der Waals surface area contributed by atoms with Crippen molar-refractivity contribution in [3.63, 3.8) is 0 Å². The maximum atomic E-state index is 13.3. The Morgan fingerprint density at radius 1 is 0.526 bits per heavy atom. The predicted octanol–water partition coefficient (Wildman–Crippen LogP) is 3.95. The van der Waals surface area contributed by atoms with Crippen molar-refractivity contribution in [2.45, 2.75) is 0 Å². The largest absolute Gasteiger partial charge is 0.366 e. The summed E-state index contributed by atoms with van der Waals surface area (Å²) in [5.74, 6) is -0.316. The third-order valence-corrected chi connectivity index (χ3v) is 6.09. The molecule has 10 heteroatoms. The summed E-state index contributed by atoms with van der Waals surface area (Å²) in [6, 6.07) is 22.4. The number of carbonyl (C=O) groups excluding carboxylic acids is 2. The van der Waals surface area contributed by atoms with Crippen molar-refractivity contribution in [2.24, 2.45) is 0 Å². The molecule has 3 heterocycles. The Morgan fingerprint density at radius 2 is 0.868 bits per heavy atom. The van der Waals surface area contributed by atoms with Crippen LogP contribution in [0.4, 0.5) is 22.7 Å². The van der Waals surface area contributed by atoms with Crippen molar-refractivity contribution in [3.8, 4) is 0 Å². The van der Waals surface area contributed by atoms with Crippen LogP contribution in [0.5, 0.6) is 0 Å². The third kappa shape index (κ3) is 5.81. The van der Waals surface area contributed by atoms with E-state index in [9.17, 15) is 9.59 Å². The van der Waals surface area contributed by atoms with E-state index >= 15 is 0 Å². The fourth-order valence-electron chi connectivity index (χ4n) is 4.05. The van der Waals surface area contributed by atoms with Gasteiger partial charge in [0.1, 0.15) is 0 Å². The number of hydrogen-bond donors (Lipinski definition) is 4. The number of pyridine rings is 2. The number of rotatable bonds is 2. The monoisotopic (exact) mass is 508 g/mol. The first-order chi connectivity index (χ1) is 18.7. The quantitative estimate of drug-likeness (QED) is 0.322. The smallest absolute Gasteiger partial charge is 0.258 e. The molecular formula is C28H28N8O2. The average Bonchev–Trinajstić information content (AvgIpc) is 2.98. The van der Waals surface area contributed by atoms with Crippen LogP contribution in [0.2, 0.25) is 0 Å². The van der Waals surface area contributed by atoms with E-state index in [1.54, 1.807) is 58.9 Å². The highest BCUT2D eigenvalue weighted by Gasteiger charge is 2.19. The molecule has 0 atom stereocenters. The Hall–Kier alpha value is -5.12. The second-order valence-corrected chi connectivity index (χ2v) is 8.60. The zero-order valence-corrected chi connectivity index (χ0v) is 20.7. The molecule has 0 unspecified atom stereocenters. The highest BCUT2D eigenvalue weighted by Crippen LogP contribution is 2.24. The van der Waals surface area contributed by atoms with E-state index in [0.717, 1.165) is 22.7 Å². The first-order valence-corrected chi connectivity index (χ1v) is 12.2. The van der Waals surface area contributed by atoms with E-state index in [0.29, 0.717) is 11.1 Å². The Bertz CT molecular complexity index is 1220. The molecule has 2 amide bonds. The van der Waals surface area contributed by atoms with Crippen LogP contribution in [0.25, 0.3) is 0 Å². The molecule has 38 heavy (non-hydrogen) atoms. The zero-order valence-electron chi connectivity index (χ0n) is 20.7. The summed E-state index contributed by atoms with van der Waals surface area (Å²) in [6.45, 7) is 0.974. The number of hydrogen-bond acceptors (Lipinski definition) is 8. The molecule has 192 valence electrons. The molecule has 4 aromatic rings. The molecule has 10 nitrogen and oxygen atoms in total. The van der Waals surface area contributed by atoms with E-state index in [4.69, 9.17) is 0 Å². The van der Waals surface area contributed by atoms with Gasteiger partial charge < -0.3 is 31.1 Å². The van der Waals surface area contributed by atoms with Gasteiger partial charge in [-0.2, -0.15) is 0 Å². The van der Waals surface area contributed by atoms with Crippen LogP contribution >= 0.6 is 0 Å². The Labute approximate surface area is 220 Å². The fourth-order valence-corrected chi connectivity index (χ4v) is 4.05. The predicted molar refractivity (Wildman–Crippen MR) is 148 cm³/mol. The highest BCUT2D eigenvalue weighted by atomic mass is 16.2. The molecule has 1 aliphatic rings. The topological polar surface area (TPSA) is 115 Å². The van der Waals surface area contributed by atoms with Crippen molar-refractivity contribution >= 4 is 34.6 Å². The lowest BCUT2D eigenvalue weighted by atomic mass is 10.2. The van der Waals surface area contributed by atoms with Gasteiger partial charge in [0.25, 0.3) is 11.8 Å². The van der Waals surface area contributed by atoms with E-state index < -0.39 is 0 Å². The minimum atomic E-state index is -0.158. The van der Waals surface area contributed by atoms with Gasteiger partial charge in [0.05, 0.1) is 60.6 Å². The van der Waals surface area contributed by atoms with Crippen LogP contribution in [0.15, 0.2) is 97.6 Å². The standard InChI is InChI=1S/C28H28N8O2/c37-27(21-7-5-13-29-15-21)35-17-31-23-9-1-2-10-24(23)32-18-36(28(38)22-8-6-14-30-16-22)20-34-26-12-4-3-11-25(26)33-19-35/h1-16,31-34H,17-20H2. The summed E-state index contributed by atoms with van der Waals surface area (Å²) in [5.41, 5.74) is 4.21. The van der Waals surface area contributed by atoms with Gasteiger partial charge in [-0.3, -0.25) is 19.6 Å². The van der Waals surface area contributed by atoms with E-state index in [2.05, 4.69) is 31.2 Å². The molecule has 2 aromatic heterocycles. The summed E-state index contributed by atoms with van der Waals surface area (Å²) in [6.07, 6.45) is 6.41. The number of para-hydroxylation sites is 4. The molecule has 1 aliphatic heterocycles. The van der Waals surface area contributed by atoms with E-state index in [1.807, 2.05) is 48.5 Å². The number of fused-ring (bicyclic) bond motifs is 2. The van der Waals surface area contributed by atoms with Crippen LogP contribution in [0, 0.1) is 0 Å². The molecule has 0 saturated heterocycles. The van der Waals surface area contributed by atoms with Crippen LogP contribution in [0.1, 0.15) is 20.7 Å². The summed E-state index contributed by atoms with van der Waals surface area (Å²) >= 11 is 0. The van der Waals surface area contributed by atoms with Crippen LogP contribution in [-0.2, 0) is 0 Å². The van der Waals surface area contributed by atoms with Gasteiger partial charge in [-0.15, -0.1) is 0 Å². The van der Waals surface area contributed by atoms with Crippen LogP contribution < -0.4 is 21.3 Å². The van der Waals surface area contributed by atoms with Crippen molar-refractivity contribution in [3.05, 3.63) is 109 Å². The number of benzene rings is 2. The zero-order chi connectivity index (χ0) is 26.2. The number of amides is 2. The Balaban J connectivity index is 1.45. The molecule has 0 fully saturated rings. The van der Waals surface area contributed by atoms with Gasteiger partial charge in [-0.25, -0.2) is 0 Å². The van der Waals surface area contributed by atoms with Gasteiger partial charge in [0.15, 0.2) is 0 Å². The van der Waals surface area contributed by atoms with Crippen LogP contribution in [0.3, 0.4) is 0 Å². The van der Waals surface area contributed by atoms with Gasteiger partial charge in [-0.05, 0) is 48.5 Å². The minimum absolute atomic E-state index is 0.158. The number of nitrogens with zero attached hydrogens (tertiary/aromatic N) is 4. The summed E-state index contributed by atoms with van der Waals surface area (Å²) in [4.78, 5) is 38.2. The summed E-state index contributed by atoms with van der Waals surface area (Å²) in [7, 11) is 0. The van der Waals surface area contributed by atoms with Gasteiger partial charge in [0, 0.05) is 24.8 Å². The van der Waals surface area contributed by atoms with Gasteiger partial charge in [0.2, 0.25) is 0 Å². The van der Waals surface area contributed by atoms with E-state index in [1.165, 1.54) is 0 Å². The van der Waals surface area contributed by atoms with E-state index in [-0.39, 0.29) is 38.5 Å². The summed E-state index contributed by atoms with van der Waals surface area (Å²) in [5, 5.41) is 13.5. The lowest BCUT2D eigenvalue weighted by molar-refractivity contribution is 0.0769. The second kappa shape index (κ2) is 11.7. The third-order valence-electron chi connectivity index (χ3n) is 6.09. The summed E-state index contributed by atoms with van der Waals surface area (Å²) < 4.78 is 0. The molecule has 0 spiro atoms. The number of aromatic nitrogens is 2. The molecule has 2 aromatic carbocycles. The van der Waals surface area contributed by atoms with Crippen molar-refractivity contribution in [1.82, 2.24) is 19.8 Å². The SMILES string of the molecule is O=C(c1cccnc1)N1CNc2ccccc2NCN(C(=O)c2cccnc2)CNc2ccccc2NC1. The number of anilines is 4. The highest BCUT2D eigenvalue weighted by molar-refractivity contribution is 5.95. The van der Waals surface area contributed by atoms with Crippen molar-refractivity contribution in [1.29, 1.82) is 0 Å². The van der Waals surface area contributed by atoms with Crippen LogP contribution in [-0.4, -0.2) is 58.3 Å². The normalized spacial score (nSPS) is 13.8. The minimum Gasteiger partial charge on any atom is -0.366 e. The first-order valence-electron chi connectivity index (χ1n) is 12.2. The molecule has 0 radical (unpaired) electrons. The maximum Gasteiger partial charge on any atom is 0.258 e. The van der Waals surface area contributed by atoms with Gasteiger partial charge in [-0.1, -0.05) is 24.3 Å². The lowest BCUT2D eigenvalue weighted by Gasteiger charge is -2.29. The average molecular weight is 509 g/mol. The molecule has 0 saturated carbocycles. The fraction of sp³-hybridized carbons (Fsp3) is 0.143. The van der Waals surface area contributed by atoms with Crippen molar-refractivity contribution < 1.29 is 9.59 Å². The number of carbonyl (C=O) groups is 2. The molecule has 5 rings (SSSR count). The second-order valence-electron chi connectivity index (χ2n) is 8.60. The van der Waals surface area contributed by atoms with Crippen molar-refractivity contribution in [2.75, 3.05) is 47.9 Å².